The number of rotatable bonds is 3. The molecule has 3 atom stereocenters. The average Bonchev–Trinajstić information content (AvgIpc) is 2.86. The molecular weight excluding hydrogens is 232 g/mol. The summed E-state index contributed by atoms with van der Waals surface area (Å²) in [6, 6.07) is 0. The summed E-state index contributed by atoms with van der Waals surface area (Å²) in [4.78, 5) is 23.0. The number of hydrogen-bond donors (Lipinski definition) is 0. The van der Waals surface area contributed by atoms with Gasteiger partial charge in [-0.05, 0) is 51.4 Å². The molecule has 2 aliphatic rings. The van der Waals surface area contributed by atoms with Crippen molar-refractivity contribution in [3.63, 3.8) is 0 Å². The lowest BCUT2D eigenvalue weighted by Crippen LogP contribution is -2.36. The highest BCUT2D eigenvalue weighted by molar-refractivity contribution is 5.95. The minimum absolute atomic E-state index is 0.272. The van der Waals surface area contributed by atoms with Crippen LogP contribution in [0.15, 0.2) is 11.6 Å². The lowest BCUT2D eigenvalue weighted by Gasteiger charge is -2.33. The Morgan fingerprint density at radius 1 is 1.33 bits per heavy atom. The van der Waals surface area contributed by atoms with Crippen LogP contribution in [-0.4, -0.2) is 24.6 Å². The van der Waals surface area contributed by atoms with Crippen molar-refractivity contribution in [1.82, 2.24) is 0 Å². The van der Waals surface area contributed by atoms with Gasteiger partial charge in [-0.1, -0.05) is 0 Å². The summed E-state index contributed by atoms with van der Waals surface area (Å²) in [5, 5.41) is 0. The van der Waals surface area contributed by atoms with Crippen molar-refractivity contribution in [2.75, 3.05) is 7.11 Å². The van der Waals surface area contributed by atoms with Crippen LogP contribution in [0.2, 0.25) is 0 Å². The minimum Gasteiger partial charge on any atom is -0.466 e. The molecule has 4 nitrogen and oxygen atoms in total. The average molecular weight is 252 g/mol. The maximum Gasteiger partial charge on any atom is 0.333 e. The summed E-state index contributed by atoms with van der Waals surface area (Å²) in [6.45, 7) is 3.56. The molecule has 2 aliphatic carbocycles. The molecule has 0 aromatic heterocycles. The molecule has 2 bridgehead atoms. The van der Waals surface area contributed by atoms with E-state index in [2.05, 4.69) is 4.74 Å². The molecule has 0 aromatic rings. The molecule has 0 amide bonds. The Labute approximate surface area is 107 Å². The molecule has 4 heteroatoms. The summed E-state index contributed by atoms with van der Waals surface area (Å²) < 4.78 is 10.1. The van der Waals surface area contributed by atoms with Gasteiger partial charge >= 0.3 is 11.9 Å². The van der Waals surface area contributed by atoms with Crippen LogP contribution in [0.1, 0.15) is 39.5 Å². The highest BCUT2D eigenvalue weighted by atomic mass is 16.6. The van der Waals surface area contributed by atoms with E-state index in [1.165, 1.54) is 26.0 Å². The van der Waals surface area contributed by atoms with Crippen molar-refractivity contribution in [2.45, 2.75) is 45.1 Å². The normalized spacial score (nSPS) is 34.5. The van der Waals surface area contributed by atoms with Crippen LogP contribution in [0.3, 0.4) is 0 Å². The van der Waals surface area contributed by atoms with Gasteiger partial charge in [-0.15, -0.1) is 0 Å². The minimum atomic E-state index is -0.495. The Hall–Kier alpha value is -1.32. The zero-order chi connectivity index (χ0) is 13.3. The van der Waals surface area contributed by atoms with E-state index in [0.29, 0.717) is 11.8 Å². The van der Waals surface area contributed by atoms with Crippen molar-refractivity contribution in [3.8, 4) is 0 Å². The first-order valence-electron chi connectivity index (χ1n) is 6.44. The van der Waals surface area contributed by atoms with E-state index >= 15 is 0 Å². The molecule has 100 valence electrons. The van der Waals surface area contributed by atoms with Crippen LogP contribution in [0, 0.1) is 11.8 Å². The lowest BCUT2D eigenvalue weighted by molar-refractivity contribution is -0.157. The third-order valence-corrected chi connectivity index (χ3v) is 4.27. The Balaban J connectivity index is 1.98. The number of carbonyl (C=O) groups is 2. The Bertz CT molecular complexity index is 399. The SMILES string of the molecule is COC(=O)/C(C)=C\C(=O)OC1(C)CC2CCC1C2. The standard InChI is InChI=1S/C14H20O4/c1-9(13(16)17-3)6-12(15)18-14(2)8-10-4-5-11(14)7-10/h6,10-11H,4-5,7-8H2,1-3H3/b9-6-. The molecule has 18 heavy (non-hydrogen) atoms. The van der Waals surface area contributed by atoms with Gasteiger partial charge in [-0.2, -0.15) is 0 Å². The molecule has 2 fully saturated rings. The smallest absolute Gasteiger partial charge is 0.333 e. The van der Waals surface area contributed by atoms with E-state index in [9.17, 15) is 9.59 Å². The summed E-state index contributed by atoms with van der Waals surface area (Å²) in [7, 11) is 1.29. The van der Waals surface area contributed by atoms with Gasteiger partial charge < -0.3 is 9.47 Å². The molecule has 0 N–H and O–H groups in total. The number of carbonyl (C=O) groups excluding carboxylic acids is 2. The highest BCUT2D eigenvalue weighted by Crippen LogP contribution is 2.52. The number of ether oxygens (including phenoxy) is 2. The second-order valence-corrected chi connectivity index (χ2v) is 5.63. The van der Waals surface area contributed by atoms with Gasteiger partial charge in [0.25, 0.3) is 0 Å². The molecular formula is C14H20O4. The van der Waals surface area contributed by atoms with Crippen LogP contribution in [0.5, 0.6) is 0 Å². The highest BCUT2D eigenvalue weighted by Gasteiger charge is 2.50. The van der Waals surface area contributed by atoms with Crippen LogP contribution in [-0.2, 0) is 19.1 Å². The molecule has 0 heterocycles. The predicted molar refractivity (Wildman–Crippen MR) is 65.7 cm³/mol. The Morgan fingerprint density at radius 2 is 2.06 bits per heavy atom. The van der Waals surface area contributed by atoms with E-state index < -0.39 is 11.9 Å². The molecule has 2 saturated carbocycles. The molecule has 0 spiro atoms. The summed E-state index contributed by atoms with van der Waals surface area (Å²) in [6.07, 6.45) is 5.75. The van der Waals surface area contributed by atoms with Crippen molar-refractivity contribution in [3.05, 3.63) is 11.6 Å². The van der Waals surface area contributed by atoms with Crippen molar-refractivity contribution in [1.29, 1.82) is 0 Å². The molecule has 0 aromatic carbocycles. The first-order chi connectivity index (χ1) is 8.44. The summed E-state index contributed by atoms with van der Waals surface area (Å²) in [5.74, 6) is 0.259. The van der Waals surface area contributed by atoms with Gasteiger partial charge in [0.15, 0.2) is 0 Å². The monoisotopic (exact) mass is 252 g/mol. The number of fused-ring (bicyclic) bond motifs is 2. The number of hydrogen-bond acceptors (Lipinski definition) is 4. The third-order valence-electron chi connectivity index (χ3n) is 4.27. The van der Waals surface area contributed by atoms with Gasteiger partial charge in [0.2, 0.25) is 0 Å². The van der Waals surface area contributed by atoms with Crippen LogP contribution in [0.25, 0.3) is 0 Å². The fraction of sp³-hybridized carbons (Fsp3) is 0.714. The maximum atomic E-state index is 11.8. The molecule has 3 unspecified atom stereocenters. The number of esters is 2. The van der Waals surface area contributed by atoms with Crippen molar-refractivity contribution >= 4 is 11.9 Å². The first-order valence-corrected chi connectivity index (χ1v) is 6.44. The largest absolute Gasteiger partial charge is 0.466 e. The molecule has 2 rings (SSSR count). The third kappa shape index (κ3) is 2.42. The fourth-order valence-corrected chi connectivity index (χ4v) is 3.34. The quantitative estimate of drug-likeness (QED) is 0.571. The fourth-order valence-electron chi connectivity index (χ4n) is 3.34. The van der Waals surface area contributed by atoms with E-state index in [0.717, 1.165) is 12.8 Å². The molecule has 0 saturated heterocycles. The van der Waals surface area contributed by atoms with E-state index in [1.54, 1.807) is 6.92 Å². The first kappa shape index (κ1) is 13.1. The maximum absolute atomic E-state index is 11.8. The molecule has 0 aliphatic heterocycles. The predicted octanol–water partition coefficient (Wildman–Crippen LogP) is 2.23. The van der Waals surface area contributed by atoms with Gasteiger partial charge in [-0.25, -0.2) is 9.59 Å². The van der Waals surface area contributed by atoms with Gasteiger partial charge in [0, 0.05) is 11.6 Å². The number of methoxy groups -OCH3 is 1. The summed E-state index contributed by atoms with van der Waals surface area (Å²) >= 11 is 0. The lowest BCUT2D eigenvalue weighted by atomic mass is 9.86. The van der Waals surface area contributed by atoms with Gasteiger partial charge in [-0.3, -0.25) is 0 Å². The van der Waals surface area contributed by atoms with Crippen LogP contribution in [0.4, 0.5) is 0 Å². The Morgan fingerprint density at radius 3 is 2.56 bits per heavy atom. The van der Waals surface area contributed by atoms with E-state index in [1.807, 2.05) is 6.92 Å². The van der Waals surface area contributed by atoms with E-state index in [4.69, 9.17) is 4.74 Å². The van der Waals surface area contributed by atoms with Gasteiger partial charge in [0.05, 0.1) is 7.11 Å². The second kappa shape index (κ2) is 4.75. The molecule has 0 radical (unpaired) electrons. The summed E-state index contributed by atoms with van der Waals surface area (Å²) in [5.41, 5.74) is -0.0679. The van der Waals surface area contributed by atoms with Gasteiger partial charge in [0.1, 0.15) is 5.60 Å². The van der Waals surface area contributed by atoms with Crippen molar-refractivity contribution < 1.29 is 19.1 Å². The zero-order valence-electron chi connectivity index (χ0n) is 11.2. The van der Waals surface area contributed by atoms with Crippen LogP contribution >= 0.6 is 0 Å². The second-order valence-electron chi connectivity index (χ2n) is 5.63. The van der Waals surface area contributed by atoms with Crippen LogP contribution < -0.4 is 0 Å². The van der Waals surface area contributed by atoms with E-state index in [-0.39, 0.29) is 11.2 Å². The topological polar surface area (TPSA) is 52.6 Å². The zero-order valence-corrected chi connectivity index (χ0v) is 11.2. The Kier molecular flexibility index (Phi) is 3.46. The van der Waals surface area contributed by atoms with Crippen molar-refractivity contribution in [2.24, 2.45) is 11.8 Å².